The van der Waals surface area contributed by atoms with E-state index in [-0.39, 0.29) is 31.4 Å². The molecular formula is C30H34ClF2NO7. The van der Waals surface area contributed by atoms with Gasteiger partial charge in [-0.1, -0.05) is 24.6 Å². The summed E-state index contributed by atoms with van der Waals surface area (Å²) in [6.45, 7) is 2.67. The number of hydrogen-bond donors (Lipinski definition) is 2. The van der Waals surface area contributed by atoms with Gasteiger partial charge in [-0.2, -0.15) is 0 Å². The minimum Gasteiger partial charge on any atom is -0.438 e. The van der Waals surface area contributed by atoms with Crippen LogP contribution < -0.4 is 5.06 Å². The number of hydroxylamine groups is 1. The van der Waals surface area contributed by atoms with Gasteiger partial charge in [0.05, 0.1) is 18.9 Å². The number of methoxy groups -OCH3 is 1. The molecule has 9 unspecified atom stereocenters. The molecule has 0 radical (unpaired) electrons. The zero-order valence-corrected chi connectivity index (χ0v) is 23.8. The Balaban J connectivity index is 1.53. The van der Waals surface area contributed by atoms with Gasteiger partial charge in [-0.05, 0) is 85.4 Å². The van der Waals surface area contributed by atoms with Crippen LogP contribution in [0.2, 0.25) is 5.02 Å². The number of aliphatic hydroxyl groups is 1. The third-order valence-corrected chi connectivity index (χ3v) is 10.4. The lowest BCUT2D eigenvalue weighted by atomic mass is 9.45. The van der Waals surface area contributed by atoms with Gasteiger partial charge in [0.25, 0.3) is 0 Å². The largest absolute Gasteiger partial charge is 0.508 e. The number of Topliss-reactive ketones (excluding diaryl/α,β-unsaturated/α-hetero) is 1. The molecule has 41 heavy (non-hydrogen) atoms. The number of carbonyl (C=O) groups is 3. The van der Waals surface area contributed by atoms with Gasteiger partial charge in [0.1, 0.15) is 6.17 Å². The number of rotatable bonds is 6. The van der Waals surface area contributed by atoms with Crippen LogP contribution in [0.25, 0.3) is 0 Å². The summed E-state index contributed by atoms with van der Waals surface area (Å²) in [5, 5.41) is 24.0. The average Bonchev–Trinajstić information content (AvgIpc) is 3.21. The summed E-state index contributed by atoms with van der Waals surface area (Å²) in [5.41, 5.74) is -4.42. The maximum atomic E-state index is 17.5. The van der Waals surface area contributed by atoms with Crippen molar-refractivity contribution in [1.82, 2.24) is 0 Å². The Morgan fingerprint density at radius 3 is 2.51 bits per heavy atom. The van der Waals surface area contributed by atoms with E-state index >= 15 is 8.78 Å². The van der Waals surface area contributed by atoms with Gasteiger partial charge in [0.15, 0.2) is 23.8 Å². The molecule has 3 fully saturated rings. The van der Waals surface area contributed by atoms with Crippen LogP contribution in [0.3, 0.4) is 0 Å². The van der Waals surface area contributed by atoms with Crippen LogP contribution in [-0.4, -0.2) is 66.2 Å². The zero-order valence-electron chi connectivity index (χ0n) is 23.1. The highest BCUT2D eigenvalue weighted by Gasteiger charge is 2.73. The molecule has 5 rings (SSSR count). The molecule has 4 aliphatic carbocycles. The number of alkyl halides is 2. The van der Waals surface area contributed by atoms with Crippen molar-refractivity contribution in [2.24, 2.45) is 34.5 Å². The first kappa shape index (κ1) is 29.7. The molecule has 1 aromatic rings. The highest BCUT2D eigenvalue weighted by atomic mass is 35.5. The number of benzene rings is 1. The molecule has 4 aliphatic rings. The summed E-state index contributed by atoms with van der Waals surface area (Å²) in [5.74, 6) is -3.86. The Morgan fingerprint density at radius 2 is 1.85 bits per heavy atom. The van der Waals surface area contributed by atoms with E-state index < -0.39 is 76.8 Å². The third-order valence-electron chi connectivity index (χ3n) is 10.2. The number of fused-ring (bicyclic) bond motifs is 5. The fraction of sp³-hybridized carbons (Fsp3) is 0.567. The summed E-state index contributed by atoms with van der Waals surface area (Å²) < 4.78 is 42.7. The molecule has 9 atom stereocenters. The first-order chi connectivity index (χ1) is 19.3. The van der Waals surface area contributed by atoms with Crippen molar-refractivity contribution in [3.8, 4) is 0 Å². The summed E-state index contributed by atoms with van der Waals surface area (Å²) >= 11 is 5.98. The Bertz CT molecular complexity index is 1300. The average molecular weight is 594 g/mol. The number of aliphatic hydroxyl groups excluding tert-OH is 1. The molecule has 0 spiro atoms. The molecule has 0 bridgehead atoms. The van der Waals surface area contributed by atoms with Crippen molar-refractivity contribution in [2.45, 2.75) is 51.1 Å². The lowest BCUT2D eigenvalue weighted by Gasteiger charge is -2.62. The molecule has 222 valence electrons. The molecular weight excluding hydrogens is 560 g/mol. The van der Waals surface area contributed by atoms with Gasteiger partial charge in [0.2, 0.25) is 0 Å². The molecule has 8 nitrogen and oxygen atoms in total. The second-order valence-electron chi connectivity index (χ2n) is 12.2. The van der Waals surface area contributed by atoms with Gasteiger partial charge in [-0.3, -0.25) is 19.9 Å². The first-order valence-corrected chi connectivity index (χ1v) is 14.1. The Morgan fingerprint density at radius 1 is 1.17 bits per heavy atom. The van der Waals surface area contributed by atoms with Gasteiger partial charge in [-0.25, -0.2) is 13.6 Å². The Labute approximate surface area is 241 Å². The van der Waals surface area contributed by atoms with Gasteiger partial charge in [-0.15, -0.1) is 0 Å². The molecule has 0 saturated heterocycles. The smallest absolute Gasteiger partial charge is 0.438 e. The molecule has 11 heteroatoms. The second kappa shape index (κ2) is 10.5. The van der Waals surface area contributed by atoms with Gasteiger partial charge in [0, 0.05) is 28.8 Å². The normalized spacial score (nSPS) is 39.2. The van der Waals surface area contributed by atoms with E-state index in [0.717, 1.165) is 18.2 Å². The van der Waals surface area contributed by atoms with Crippen LogP contribution in [-0.2, 0) is 19.1 Å². The predicted molar refractivity (Wildman–Crippen MR) is 145 cm³/mol. The zero-order chi connectivity index (χ0) is 29.9. The second-order valence-corrected chi connectivity index (χ2v) is 12.6. The SMILES string of the molecule is COC(=O)OCC(=O)C1C(CN(O)c2ccc(Cl)cc2)CC2C3CC(F)C4=CC(=O)C=CC4(C)C3(F)C(O)CC21C. The number of ketones is 2. The summed E-state index contributed by atoms with van der Waals surface area (Å²) in [4.78, 5) is 37.4. The van der Waals surface area contributed by atoms with Crippen LogP contribution in [0, 0.1) is 34.5 Å². The predicted octanol–water partition coefficient (Wildman–Crippen LogP) is 5.05. The van der Waals surface area contributed by atoms with Crippen molar-refractivity contribution in [3.63, 3.8) is 0 Å². The van der Waals surface area contributed by atoms with Crippen LogP contribution in [0.4, 0.5) is 19.3 Å². The number of halogens is 3. The standard InChI is InChI=1S/C30H34ClF2NO7/c1-28-13-25(37)30(33)21(12-23(32)22-11-19(35)8-9-29(22,30)2)20(28)10-16(26(28)24(36)15-41-27(38)40-3)14-34(39)18-6-4-17(31)5-7-18/h4-9,11,16,20-21,23,25-26,37,39H,10,12-15H2,1-3H3. The number of nitrogens with zero attached hydrogens (tertiary/aromatic N) is 1. The van der Waals surface area contributed by atoms with Crippen LogP contribution in [0.1, 0.15) is 33.1 Å². The van der Waals surface area contributed by atoms with E-state index in [1.807, 2.05) is 0 Å². The summed E-state index contributed by atoms with van der Waals surface area (Å²) in [6, 6.07) is 6.43. The van der Waals surface area contributed by atoms with Crippen molar-refractivity contribution >= 4 is 35.0 Å². The van der Waals surface area contributed by atoms with Crippen molar-refractivity contribution in [3.05, 3.63) is 53.1 Å². The van der Waals surface area contributed by atoms with Crippen LogP contribution >= 0.6 is 11.6 Å². The van der Waals surface area contributed by atoms with Crippen molar-refractivity contribution < 1.29 is 43.0 Å². The Hall–Kier alpha value is -2.82. The lowest BCUT2D eigenvalue weighted by molar-refractivity contribution is -0.202. The monoisotopic (exact) mass is 593 g/mol. The van der Waals surface area contributed by atoms with E-state index in [1.54, 1.807) is 31.2 Å². The topological polar surface area (TPSA) is 113 Å². The number of anilines is 1. The molecule has 2 N–H and O–H groups in total. The van der Waals surface area contributed by atoms with Crippen molar-refractivity contribution in [1.29, 1.82) is 0 Å². The molecule has 1 aromatic carbocycles. The maximum Gasteiger partial charge on any atom is 0.508 e. The quantitative estimate of drug-likeness (QED) is 0.348. The van der Waals surface area contributed by atoms with E-state index in [4.69, 9.17) is 16.3 Å². The van der Waals surface area contributed by atoms with Crippen LogP contribution in [0.15, 0.2) is 48.1 Å². The highest BCUT2D eigenvalue weighted by Crippen LogP contribution is 2.70. The van der Waals surface area contributed by atoms with Gasteiger partial charge < -0.3 is 14.6 Å². The molecule has 0 aliphatic heterocycles. The van der Waals surface area contributed by atoms with Gasteiger partial charge >= 0.3 is 6.16 Å². The van der Waals surface area contributed by atoms with E-state index in [9.17, 15) is 24.7 Å². The summed E-state index contributed by atoms with van der Waals surface area (Å²) in [7, 11) is 1.11. The Kier molecular flexibility index (Phi) is 7.58. The number of ether oxygens (including phenoxy) is 2. The minimum atomic E-state index is -2.30. The number of carbonyl (C=O) groups excluding carboxylic acids is 3. The van der Waals surface area contributed by atoms with Crippen LogP contribution in [0.5, 0.6) is 0 Å². The molecule has 0 amide bonds. The minimum absolute atomic E-state index is 0.0179. The molecule has 0 aromatic heterocycles. The van der Waals surface area contributed by atoms with E-state index in [1.165, 1.54) is 19.1 Å². The van der Waals surface area contributed by atoms with E-state index in [0.29, 0.717) is 10.7 Å². The molecule has 0 heterocycles. The maximum absolute atomic E-state index is 17.5. The van der Waals surface area contributed by atoms with Crippen molar-refractivity contribution in [2.75, 3.05) is 25.3 Å². The number of hydrogen-bond acceptors (Lipinski definition) is 8. The van der Waals surface area contributed by atoms with E-state index in [2.05, 4.69) is 4.74 Å². The first-order valence-electron chi connectivity index (χ1n) is 13.7. The summed E-state index contributed by atoms with van der Waals surface area (Å²) in [6.07, 6.45) is -0.651. The third kappa shape index (κ3) is 4.58. The fourth-order valence-electron chi connectivity index (χ4n) is 8.42. The molecule has 3 saturated carbocycles. The number of allylic oxidation sites excluding steroid dienone is 4. The fourth-order valence-corrected chi connectivity index (χ4v) is 8.54. The highest BCUT2D eigenvalue weighted by molar-refractivity contribution is 6.30. The lowest BCUT2D eigenvalue weighted by Crippen LogP contribution is -2.68.